The largest absolute Gasteiger partial charge is 0.497 e. The molecule has 0 aliphatic carbocycles. The van der Waals surface area contributed by atoms with Crippen molar-refractivity contribution in [3.05, 3.63) is 78.1 Å². The molecule has 0 fully saturated rings. The summed E-state index contributed by atoms with van der Waals surface area (Å²) in [5, 5.41) is 1.34. The van der Waals surface area contributed by atoms with E-state index in [9.17, 15) is 9.18 Å². The van der Waals surface area contributed by atoms with Crippen LogP contribution in [0, 0.1) is 5.82 Å². The maximum Gasteiger partial charge on any atom is 0.337 e. The molecule has 0 aromatic heterocycles. The zero-order chi connectivity index (χ0) is 19.1. The van der Waals surface area contributed by atoms with Crippen LogP contribution in [0.3, 0.4) is 0 Å². The number of esters is 1. The molecule has 0 atom stereocenters. The van der Waals surface area contributed by atoms with Crippen LogP contribution in [0.15, 0.2) is 66.8 Å². The molecule has 26 heavy (non-hydrogen) atoms. The van der Waals surface area contributed by atoms with Gasteiger partial charge in [0.25, 0.3) is 0 Å². The van der Waals surface area contributed by atoms with Gasteiger partial charge in [0.1, 0.15) is 11.6 Å². The SMILES string of the molecule is C=C(/C=C(/c1cccc(F)c1)N(N)c1cccc(OC)c1)C(=O)OCC. The van der Waals surface area contributed by atoms with Crippen molar-refractivity contribution in [2.24, 2.45) is 5.84 Å². The van der Waals surface area contributed by atoms with E-state index in [2.05, 4.69) is 6.58 Å². The number of rotatable bonds is 7. The summed E-state index contributed by atoms with van der Waals surface area (Å²) < 4.78 is 23.9. The fourth-order valence-corrected chi connectivity index (χ4v) is 2.29. The molecule has 2 aromatic rings. The fourth-order valence-electron chi connectivity index (χ4n) is 2.29. The standard InChI is InChI=1S/C20H21FN2O3/c1-4-26-20(24)14(2)11-19(15-7-5-8-16(21)12-15)23(22)17-9-6-10-18(13-17)25-3/h5-13H,2,4,22H2,1,3H3/b19-11-. The van der Waals surface area contributed by atoms with Crippen molar-refractivity contribution < 1.29 is 18.7 Å². The van der Waals surface area contributed by atoms with Gasteiger partial charge in [-0.05, 0) is 37.3 Å². The molecule has 0 radical (unpaired) electrons. The third-order valence-electron chi connectivity index (χ3n) is 3.56. The molecule has 136 valence electrons. The molecular weight excluding hydrogens is 335 g/mol. The summed E-state index contributed by atoms with van der Waals surface area (Å²) in [4.78, 5) is 11.9. The summed E-state index contributed by atoms with van der Waals surface area (Å²) in [6.45, 7) is 5.65. The highest BCUT2D eigenvalue weighted by Crippen LogP contribution is 2.27. The molecule has 0 amide bonds. The lowest BCUT2D eigenvalue weighted by molar-refractivity contribution is -0.138. The number of carbonyl (C=O) groups is 1. The molecule has 0 aliphatic heterocycles. The minimum absolute atomic E-state index is 0.101. The van der Waals surface area contributed by atoms with Gasteiger partial charge >= 0.3 is 5.97 Å². The number of carbonyl (C=O) groups excluding carboxylic acids is 1. The van der Waals surface area contributed by atoms with Gasteiger partial charge in [-0.1, -0.05) is 24.8 Å². The quantitative estimate of drug-likeness (QED) is 0.270. The zero-order valence-electron chi connectivity index (χ0n) is 14.7. The Morgan fingerprint density at radius 2 is 2.00 bits per heavy atom. The van der Waals surface area contributed by atoms with Crippen molar-refractivity contribution in [1.82, 2.24) is 0 Å². The van der Waals surface area contributed by atoms with Crippen molar-refractivity contribution >= 4 is 17.4 Å². The first-order valence-electron chi connectivity index (χ1n) is 7.98. The van der Waals surface area contributed by atoms with Gasteiger partial charge in [0, 0.05) is 11.6 Å². The molecule has 0 saturated heterocycles. The van der Waals surface area contributed by atoms with E-state index in [-0.39, 0.29) is 12.2 Å². The van der Waals surface area contributed by atoms with E-state index < -0.39 is 11.8 Å². The number of halogens is 1. The van der Waals surface area contributed by atoms with Crippen molar-refractivity contribution in [2.45, 2.75) is 6.92 Å². The van der Waals surface area contributed by atoms with Gasteiger partial charge in [0.2, 0.25) is 0 Å². The first-order chi connectivity index (χ1) is 12.5. The number of nitrogens with two attached hydrogens (primary N) is 1. The van der Waals surface area contributed by atoms with E-state index in [4.69, 9.17) is 15.3 Å². The van der Waals surface area contributed by atoms with Crippen LogP contribution in [-0.2, 0) is 9.53 Å². The first kappa shape index (κ1) is 19.2. The molecular formula is C20H21FN2O3. The van der Waals surface area contributed by atoms with E-state index in [1.807, 2.05) is 0 Å². The Labute approximate surface area is 152 Å². The number of methoxy groups -OCH3 is 1. The van der Waals surface area contributed by atoms with E-state index in [1.54, 1.807) is 50.4 Å². The number of ether oxygens (including phenoxy) is 2. The van der Waals surface area contributed by atoms with Gasteiger partial charge in [-0.2, -0.15) is 0 Å². The van der Waals surface area contributed by atoms with Gasteiger partial charge in [0.15, 0.2) is 0 Å². The number of hydrogen-bond acceptors (Lipinski definition) is 5. The maximum atomic E-state index is 13.7. The predicted octanol–water partition coefficient (Wildman–Crippen LogP) is 3.67. The summed E-state index contributed by atoms with van der Waals surface area (Å²) in [7, 11) is 1.55. The minimum atomic E-state index is -0.569. The zero-order valence-corrected chi connectivity index (χ0v) is 14.7. The Balaban J connectivity index is 2.49. The highest BCUT2D eigenvalue weighted by molar-refractivity contribution is 5.95. The molecule has 0 heterocycles. The molecule has 6 heteroatoms. The minimum Gasteiger partial charge on any atom is -0.497 e. The van der Waals surface area contributed by atoms with Crippen molar-refractivity contribution in [3.8, 4) is 5.75 Å². The third-order valence-corrected chi connectivity index (χ3v) is 3.56. The van der Waals surface area contributed by atoms with Crippen molar-refractivity contribution in [3.63, 3.8) is 0 Å². The normalized spacial score (nSPS) is 11.0. The van der Waals surface area contributed by atoms with E-state index in [1.165, 1.54) is 23.2 Å². The van der Waals surface area contributed by atoms with Gasteiger partial charge in [-0.3, -0.25) is 5.01 Å². The maximum absolute atomic E-state index is 13.7. The smallest absolute Gasteiger partial charge is 0.337 e. The number of nitrogens with zero attached hydrogens (tertiary/aromatic N) is 1. The molecule has 2 aromatic carbocycles. The third kappa shape index (κ3) is 4.70. The summed E-state index contributed by atoms with van der Waals surface area (Å²) in [5.41, 5.74) is 1.57. The molecule has 0 saturated carbocycles. The Morgan fingerprint density at radius 3 is 2.65 bits per heavy atom. The molecule has 0 bridgehead atoms. The van der Waals surface area contributed by atoms with Crippen LogP contribution in [0.25, 0.3) is 5.70 Å². The van der Waals surface area contributed by atoms with Gasteiger partial charge in [-0.15, -0.1) is 0 Å². The monoisotopic (exact) mass is 356 g/mol. The molecule has 0 unspecified atom stereocenters. The summed E-state index contributed by atoms with van der Waals surface area (Å²) in [6.07, 6.45) is 1.46. The Kier molecular flexibility index (Phi) is 6.52. The lowest BCUT2D eigenvalue weighted by Gasteiger charge is -2.23. The van der Waals surface area contributed by atoms with Crippen LogP contribution in [0.5, 0.6) is 5.75 Å². The van der Waals surface area contributed by atoms with Gasteiger partial charge in [0.05, 0.1) is 30.7 Å². The topological polar surface area (TPSA) is 64.8 Å². The molecule has 5 nitrogen and oxygen atoms in total. The van der Waals surface area contributed by atoms with E-state index in [0.717, 1.165) is 0 Å². The molecule has 0 aliphatic rings. The average Bonchev–Trinajstić information content (AvgIpc) is 2.65. The summed E-state index contributed by atoms with van der Waals surface area (Å²) in [5.74, 6) is 5.88. The second-order valence-corrected chi connectivity index (χ2v) is 5.36. The van der Waals surface area contributed by atoms with Crippen LogP contribution in [0.4, 0.5) is 10.1 Å². The van der Waals surface area contributed by atoms with Crippen molar-refractivity contribution in [1.29, 1.82) is 0 Å². The average molecular weight is 356 g/mol. The highest BCUT2D eigenvalue weighted by atomic mass is 19.1. The summed E-state index contributed by atoms with van der Waals surface area (Å²) in [6, 6.07) is 12.9. The molecule has 0 spiro atoms. The highest BCUT2D eigenvalue weighted by Gasteiger charge is 2.15. The van der Waals surface area contributed by atoms with Crippen LogP contribution in [-0.4, -0.2) is 19.7 Å². The Bertz CT molecular complexity index is 833. The van der Waals surface area contributed by atoms with Crippen LogP contribution < -0.4 is 15.6 Å². The van der Waals surface area contributed by atoms with Crippen LogP contribution in [0.1, 0.15) is 12.5 Å². The second-order valence-electron chi connectivity index (χ2n) is 5.36. The lowest BCUT2D eigenvalue weighted by atomic mass is 10.1. The number of benzene rings is 2. The van der Waals surface area contributed by atoms with E-state index in [0.29, 0.717) is 22.7 Å². The first-order valence-corrected chi connectivity index (χ1v) is 7.98. The predicted molar refractivity (Wildman–Crippen MR) is 99.8 cm³/mol. The number of anilines is 1. The molecule has 2 rings (SSSR count). The van der Waals surface area contributed by atoms with Crippen molar-refractivity contribution in [2.75, 3.05) is 18.7 Å². The van der Waals surface area contributed by atoms with Gasteiger partial charge < -0.3 is 9.47 Å². The number of hydrazine groups is 1. The number of hydrogen-bond donors (Lipinski definition) is 1. The molecule has 2 N–H and O–H groups in total. The van der Waals surface area contributed by atoms with E-state index >= 15 is 0 Å². The van der Waals surface area contributed by atoms with Crippen LogP contribution in [0.2, 0.25) is 0 Å². The van der Waals surface area contributed by atoms with Crippen LogP contribution >= 0.6 is 0 Å². The Morgan fingerprint density at radius 1 is 1.27 bits per heavy atom. The Hall–Kier alpha value is -3.12. The lowest BCUT2D eigenvalue weighted by Crippen LogP contribution is -2.29. The fraction of sp³-hybridized carbons (Fsp3) is 0.150. The van der Waals surface area contributed by atoms with Gasteiger partial charge in [-0.25, -0.2) is 15.0 Å². The summed E-state index contributed by atoms with van der Waals surface area (Å²) >= 11 is 0. The second kappa shape index (κ2) is 8.82.